The van der Waals surface area contributed by atoms with E-state index in [1.54, 1.807) is 12.1 Å². The number of benzene rings is 1. The highest BCUT2D eigenvalue weighted by molar-refractivity contribution is 9.10. The molecule has 0 aliphatic rings. The van der Waals surface area contributed by atoms with Crippen LogP contribution in [0.15, 0.2) is 46.0 Å². The largest absolute Gasteiger partial charge is 0.399 e. The molecule has 0 bridgehead atoms. The van der Waals surface area contributed by atoms with Gasteiger partial charge in [0.1, 0.15) is 4.90 Å². The summed E-state index contributed by atoms with van der Waals surface area (Å²) < 4.78 is 27.3. The second-order valence-corrected chi connectivity index (χ2v) is 6.56. The normalized spacial score (nSPS) is 11.3. The molecule has 0 aliphatic carbocycles. The summed E-state index contributed by atoms with van der Waals surface area (Å²) >= 11 is 9.06. The molecule has 0 aliphatic heterocycles. The van der Waals surface area contributed by atoms with Gasteiger partial charge in [0.2, 0.25) is 0 Å². The molecule has 1 aromatic heterocycles. The summed E-state index contributed by atoms with van der Waals surface area (Å²) in [6, 6.07) is 6.01. The fourth-order valence-electron chi connectivity index (χ4n) is 1.38. The van der Waals surface area contributed by atoms with Gasteiger partial charge in [0.15, 0.2) is 0 Å². The molecule has 1 heterocycles. The van der Waals surface area contributed by atoms with E-state index in [1.165, 1.54) is 24.5 Å². The quantitative estimate of drug-likeness (QED) is 0.822. The number of nitrogens with two attached hydrogens (primary N) is 1. The Bertz CT molecular complexity index is 722. The molecule has 0 saturated heterocycles. The molecule has 2 rings (SSSR count). The Labute approximate surface area is 124 Å². The molecule has 0 saturated carbocycles. The van der Waals surface area contributed by atoms with E-state index >= 15 is 0 Å². The lowest BCUT2D eigenvalue weighted by Gasteiger charge is -2.10. The number of hydrogen-bond donors (Lipinski definition) is 2. The number of nitrogens with zero attached hydrogens (tertiary/aromatic N) is 1. The van der Waals surface area contributed by atoms with E-state index < -0.39 is 10.0 Å². The maximum atomic E-state index is 12.2. The Hall–Kier alpha value is -1.31. The number of anilines is 2. The minimum atomic E-state index is -3.79. The van der Waals surface area contributed by atoms with E-state index in [0.29, 0.717) is 10.2 Å². The van der Waals surface area contributed by atoms with Crippen LogP contribution in [0.2, 0.25) is 5.02 Å². The van der Waals surface area contributed by atoms with E-state index in [4.69, 9.17) is 17.3 Å². The second kappa shape index (κ2) is 5.36. The molecule has 19 heavy (non-hydrogen) atoms. The van der Waals surface area contributed by atoms with Crippen molar-refractivity contribution in [1.29, 1.82) is 0 Å². The van der Waals surface area contributed by atoms with Crippen LogP contribution in [-0.4, -0.2) is 13.4 Å². The number of aromatic nitrogens is 1. The lowest BCUT2D eigenvalue weighted by atomic mass is 10.3. The zero-order valence-corrected chi connectivity index (χ0v) is 12.6. The number of nitrogens with one attached hydrogen (secondary N) is 1. The number of halogens is 2. The van der Waals surface area contributed by atoms with Crippen LogP contribution < -0.4 is 10.5 Å². The first kappa shape index (κ1) is 14.1. The standard InChI is InChI=1S/C11H9BrClN3O2S/c12-8-2-1-7(14)5-11(8)19(17,18)16-10-6-15-4-3-9(10)13/h1-6,16H,14H2. The Kier molecular flexibility index (Phi) is 3.98. The van der Waals surface area contributed by atoms with Gasteiger partial charge in [-0.1, -0.05) is 11.6 Å². The molecule has 0 spiro atoms. The topological polar surface area (TPSA) is 85.1 Å². The molecular weight excluding hydrogens is 354 g/mol. The summed E-state index contributed by atoms with van der Waals surface area (Å²) in [7, 11) is -3.79. The van der Waals surface area contributed by atoms with Crippen molar-refractivity contribution in [1.82, 2.24) is 4.98 Å². The lowest BCUT2D eigenvalue weighted by molar-refractivity contribution is 0.601. The monoisotopic (exact) mass is 361 g/mol. The van der Waals surface area contributed by atoms with Crippen molar-refractivity contribution in [2.75, 3.05) is 10.5 Å². The van der Waals surface area contributed by atoms with Gasteiger partial charge in [-0.2, -0.15) is 0 Å². The molecule has 5 nitrogen and oxygen atoms in total. The van der Waals surface area contributed by atoms with Gasteiger partial charge < -0.3 is 5.73 Å². The summed E-state index contributed by atoms with van der Waals surface area (Å²) in [4.78, 5) is 3.85. The number of rotatable bonds is 3. The van der Waals surface area contributed by atoms with Gasteiger partial charge in [0.05, 0.1) is 16.9 Å². The summed E-state index contributed by atoms with van der Waals surface area (Å²) in [6.45, 7) is 0. The maximum absolute atomic E-state index is 12.2. The zero-order valence-electron chi connectivity index (χ0n) is 9.47. The Morgan fingerprint density at radius 1 is 1.32 bits per heavy atom. The van der Waals surface area contributed by atoms with Crippen LogP contribution in [0.3, 0.4) is 0 Å². The number of pyridine rings is 1. The average molecular weight is 363 g/mol. The Morgan fingerprint density at radius 3 is 2.74 bits per heavy atom. The molecule has 0 fully saturated rings. The molecule has 0 amide bonds. The fourth-order valence-corrected chi connectivity index (χ4v) is 3.65. The minimum absolute atomic E-state index is 0.0346. The van der Waals surface area contributed by atoms with Gasteiger partial charge in [0.25, 0.3) is 10.0 Å². The Morgan fingerprint density at radius 2 is 2.05 bits per heavy atom. The average Bonchev–Trinajstić information content (AvgIpc) is 2.35. The maximum Gasteiger partial charge on any atom is 0.263 e. The van der Waals surface area contributed by atoms with Crippen LogP contribution >= 0.6 is 27.5 Å². The van der Waals surface area contributed by atoms with Gasteiger partial charge in [-0.15, -0.1) is 0 Å². The molecule has 0 radical (unpaired) electrons. The molecule has 0 unspecified atom stereocenters. The van der Waals surface area contributed by atoms with Crippen molar-refractivity contribution in [2.24, 2.45) is 0 Å². The summed E-state index contributed by atoms with van der Waals surface area (Å²) in [5.74, 6) is 0. The van der Waals surface area contributed by atoms with Crippen molar-refractivity contribution in [2.45, 2.75) is 4.90 Å². The van der Waals surface area contributed by atoms with Crippen molar-refractivity contribution >= 4 is 48.9 Å². The smallest absolute Gasteiger partial charge is 0.263 e. The third-order valence-corrected chi connectivity index (χ3v) is 4.95. The lowest BCUT2D eigenvalue weighted by Crippen LogP contribution is -2.14. The highest BCUT2D eigenvalue weighted by Crippen LogP contribution is 2.28. The molecule has 3 N–H and O–H groups in total. The highest BCUT2D eigenvalue weighted by Gasteiger charge is 2.19. The van der Waals surface area contributed by atoms with E-state index in [2.05, 4.69) is 25.6 Å². The molecule has 8 heteroatoms. The molecule has 0 atom stereocenters. The van der Waals surface area contributed by atoms with Crippen LogP contribution in [0.1, 0.15) is 0 Å². The van der Waals surface area contributed by atoms with Crippen molar-refractivity contribution in [3.63, 3.8) is 0 Å². The Balaban J connectivity index is 2.44. The highest BCUT2D eigenvalue weighted by atomic mass is 79.9. The third-order valence-electron chi connectivity index (χ3n) is 2.26. The number of nitrogen functional groups attached to an aromatic ring is 1. The van der Waals surface area contributed by atoms with Gasteiger partial charge >= 0.3 is 0 Å². The van der Waals surface area contributed by atoms with E-state index in [0.717, 1.165) is 0 Å². The zero-order chi connectivity index (χ0) is 14.0. The van der Waals surface area contributed by atoms with Crippen LogP contribution in [0.5, 0.6) is 0 Å². The van der Waals surface area contributed by atoms with Crippen LogP contribution in [-0.2, 0) is 10.0 Å². The SMILES string of the molecule is Nc1ccc(Br)c(S(=O)(=O)Nc2cnccc2Cl)c1. The predicted octanol–water partition coefficient (Wildman–Crippen LogP) is 2.88. The molecule has 2 aromatic rings. The van der Waals surface area contributed by atoms with Gasteiger partial charge in [-0.3, -0.25) is 9.71 Å². The third kappa shape index (κ3) is 3.17. The molecular formula is C11H9BrClN3O2S. The first-order valence-corrected chi connectivity index (χ1v) is 7.73. The van der Waals surface area contributed by atoms with Crippen molar-refractivity contribution in [3.05, 3.63) is 46.2 Å². The summed E-state index contributed by atoms with van der Waals surface area (Å²) in [5, 5.41) is 0.263. The van der Waals surface area contributed by atoms with Gasteiger partial charge in [-0.05, 0) is 40.2 Å². The van der Waals surface area contributed by atoms with Crippen molar-refractivity contribution in [3.8, 4) is 0 Å². The van der Waals surface area contributed by atoms with Crippen LogP contribution in [0.25, 0.3) is 0 Å². The van der Waals surface area contributed by atoms with Gasteiger partial charge in [0, 0.05) is 16.4 Å². The van der Waals surface area contributed by atoms with E-state index in [1.807, 2.05) is 0 Å². The number of hydrogen-bond acceptors (Lipinski definition) is 4. The van der Waals surface area contributed by atoms with Crippen LogP contribution in [0.4, 0.5) is 11.4 Å². The predicted molar refractivity (Wildman–Crippen MR) is 78.6 cm³/mol. The summed E-state index contributed by atoms with van der Waals surface area (Å²) in [6.07, 6.45) is 2.80. The first-order valence-electron chi connectivity index (χ1n) is 5.07. The minimum Gasteiger partial charge on any atom is -0.399 e. The summed E-state index contributed by atoms with van der Waals surface area (Å²) in [5.41, 5.74) is 6.15. The van der Waals surface area contributed by atoms with E-state index in [9.17, 15) is 8.42 Å². The van der Waals surface area contributed by atoms with Crippen molar-refractivity contribution < 1.29 is 8.42 Å². The van der Waals surface area contributed by atoms with Crippen LogP contribution in [0, 0.1) is 0 Å². The number of sulfonamides is 1. The molecule has 100 valence electrons. The second-order valence-electron chi connectivity index (χ2n) is 3.65. The fraction of sp³-hybridized carbons (Fsp3) is 0. The van der Waals surface area contributed by atoms with Gasteiger partial charge in [-0.25, -0.2) is 8.42 Å². The van der Waals surface area contributed by atoms with E-state index in [-0.39, 0.29) is 15.6 Å². The first-order chi connectivity index (χ1) is 8.90. The molecule has 1 aromatic carbocycles.